The Kier molecular flexibility index (Phi) is 2.67. The van der Waals surface area contributed by atoms with Gasteiger partial charge in [-0.3, -0.25) is 4.98 Å². The Morgan fingerprint density at radius 1 is 1.50 bits per heavy atom. The van der Waals surface area contributed by atoms with Crippen LogP contribution >= 0.6 is 0 Å². The Bertz CT molecular complexity index is 591. The van der Waals surface area contributed by atoms with E-state index in [4.69, 9.17) is 0 Å². The van der Waals surface area contributed by atoms with Gasteiger partial charge in [0.2, 0.25) is 0 Å². The molecule has 0 spiro atoms. The van der Waals surface area contributed by atoms with Gasteiger partial charge < -0.3 is 9.67 Å². The maximum atomic E-state index is 13.9. The lowest BCUT2D eigenvalue weighted by molar-refractivity contribution is 0.156. The second-order valence-corrected chi connectivity index (χ2v) is 4.76. The van der Waals surface area contributed by atoms with E-state index in [2.05, 4.69) is 4.98 Å². The normalized spacial score (nSPS) is 18.7. The number of aromatic nitrogens is 2. The molecule has 1 aliphatic carbocycles. The molecule has 2 heterocycles. The molecule has 0 saturated carbocycles. The van der Waals surface area contributed by atoms with E-state index in [9.17, 15) is 9.50 Å². The zero-order valence-electron chi connectivity index (χ0n) is 10.2. The molecule has 0 bridgehead atoms. The maximum absolute atomic E-state index is 13.9. The number of hydrogen-bond donors (Lipinski definition) is 1. The number of aliphatic hydroxyl groups excluding tert-OH is 1. The molecule has 0 aliphatic heterocycles. The summed E-state index contributed by atoms with van der Waals surface area (Å²) < 4.78 is 15.8. The highest BCUT2D eigenvalue weighted by atomic mass is 19.1. The van der Waals surface area contributed by atoms with Crippen molar-refractivity contribution in [2.75, 3.05) is 0 Å². The Morgan fingerprint density at radius 3 is 3.11 bits per heavy atom. The molecule has 18 heavy (non-hydrogen) atoms. The lowest BCUT2D eigenvalue weighted by Gasteiger charge is -2.20. The topological polar surface area (TPSA) is 38.0 Å². The third-order valence-corrected chi connectivity index (χ3v) is 3.56. The predicted molar refractivity (Wildman–Crippen MR) is 66.2 cm³/mol. The highest BCUT2D eigenvalue weighted by Crippen LogP contribution is 2.34. The van der Waals surface area contributed by atoms with Crippen molar-refractivity contribution in [3.05, 3.63) is 47.3 Å². The van der Waals surface area contributed by atoms with Crippen LogP contribution in [0.3, 0.4) is 0 Å². The van der Waals surface area contributed by atoms with E-state index in [0.717, 1.165) is 36.2 Å². The van der Waals surface area contributed by atoms with E-state index in [1.54, 1.807) is 12.3 Å². The Balaban J connectivity index is 2.22. The van der Waals surface area contributed by atoms with E-state index in [1.165, 1.54) is 6.20 Å². The van der Waals surface area contributed by atoms with Crippen molar-refractivity contribution in [3.8, 4) is 5.69 Å². The second-order valence-electron chi connectivity index (χ2n) is 4.76. The zero-order valence-corrected chi connectivity index (χ0v) is 10.2. The molecule has 2 aromatic rings. The average molecular weight is 246 g/mol. The van der Waals surface area contributed by atoms with Gasteiger partial charge in [0.15, 0.2) is 5.82 Å². The fourth-order valence-electron chi connectivity index (χ4n) is 2.76. The van der Waals surface area contributed by atoms with E-state index in [-0.39, 0.29) is 5.82 Å². The summed E-state index contributed by atoms with van der Waals surface area (Å²) in [6.45, 7) is 1.94. The second kappa shape index (κ2) is 4.21. The van der Waals surface area contributed by atoms with Crippen LogP contribution in [0.25, 0.3) is 5.69 Å². The maximum Gasteiger partial charge on any atom is 0.165 e. The molecule has 0 aromatic carbocycles. The summed E-state index contributed by atoms with van der Waals surface area (Å²) in [4.78, 5) is 3.77. The summed E-state index contributed by atoms with van der Waals surface area (Å²) in [5, 5.41) is 10.00. The quantitative estimate of drug-likeness (QED) is 0.840. The third-order valence-electron chi connectivity index (χ3n) is 3.56. The van der Waals surface area contributed by atoms with E-state index >= 15 is 0 Å². The Morgan fingerprint density at radius 2 is 2.33 bits per heavy atom. The molecule has 3 rings (SSSR count). The van der Waals surface area contributed by atoms with Crippen LogP contribution < -0.4 is 0 Å². The highest BCUT2D eigenvalue weighted by Gasteiger charge is 2.24. The minimum atomic E-state index is -0.418. The fraction of sp³-hybridized carbons (Fsp3) is 0.357. The largest absolute Gasteiger partial charge is 0.388 e. The molecule has 1 atom stereocenters. The van der Waals surface area contributed by atoms with Crippen molar-refractivity contribution in [2.24, 2.45) is 0 Å². The van der Waals surface area contributed by atoms with Crippen LogP contribution in [0.5, 0.6) is 0 Å². The molecule has 2 aromatic heterocycles. The van der Waals surface area contributed by atoms with Crippen LogP contribution in [0.1, 0.15) is 35.9 Å². The Labute approximate surface area is 105 Å². The lowest BCUT2D eigenvalue weighted by Crippen LogP contribution is -2.12. The first-order valence-corrected chi connectivity index (χ1v) is 6.17. The van der Waals surface area contributed by atoms with Crippen LogP contribution in [0.2, 0.25) is 0 Å². The van der Waals surface area contributed by atoms with Crippen molar-refractivity contribution in [2.45, 2.75) is 32.3 Å². The van der Waals surface area contributed by atoms with Gasteiger partial charge in [0, 0.05) is 23.1 Å². The van der Waals surface area contributed by atoms with Gasteiger partial charge in [0.25, 0.3) is 0 Å². The van der Waals surface area contributed by atoms with Gasteiger partial charge in [-0.1, -0.05) is 0 Å². The lowest BCUT2D eigenvalue weighted by atomic mass is 9.95. The molecule has 3 nitrogen and oxygen atoms in total. The van der Waals surface area contributed by atoms with Crippen molar-refractivity contribution in [1.29, 1.82) is 0 Å². The molecule has 0 saturated heterocycles. The molecule has 94 valence electrons. The summed E-state index contributed by atoms with van der Waals surface area (Å²) in [5.41, 5.74) is 3.43. The zero-order chi connectivity index (χ0) is 12.7. The van der Waals surface area contributed by atoms with E-state index in [1.807, 2.05) is 17.6 Å². The summed E-state index contributed by atoms with van der Waals surface area (Å²) in [7, 11) is 0. The van der Waals surface area contributed by atoms with Crippen LogP contribution in [-0.2, 0) is 6.42 Å². The van der Waals surface area contributed by atoms with Gasteiger partial charge in [-0.2, -0.15) is 0 Å². The average Bonchev–Trinajstić information content (AvgIpc) is 2.68. The smallest absolute Gasteiger partial charge is 0.165 e. The van der Waals surface area contributed by atoms with Crippen LogP contribution in [0.4, 0.5) is 4.39 Å². The summed E-state index contributed by atoms with van der Waals surface area (Å²) in [6.07, 6.45) is 4.99. The minimum Gasteiger partial charge on any atom is -0.388 e. The van der Waals surface area contributed by atoms with Gasteiger partial charge in [-0.15, -0.1) is 0 Å². The number of fused-ring (bicyclic) bond motifs is 1. The van der Waals surface area contributed by atoms with Gasteiger partial charge in [-0.05, 0) is 38.3 Å². The highest BCUT2D eigenvalue weighted by molar-refractivity contribution is 5.43. The van der Waals surface area contributed by atoms with Gasteiger partial charge >= 0.3 is 0 Å². The first-order valence-electron chi connectivity index (χ1n) is 6.17. The molecule has 0 radical (unpaired) electrons. The number of aliphatic hydroxyl groups is 1. The Hall–Kier alpha value is -1.68. The van der Waals surface area contributed by atoms with Gasteiger partial charge in [0.05, 0.1) is 18.0 Å². The van der Waals surface area contributed by atoms with Crippen molar-refractivity contribution >= 4 is 0 Å². The first kappa shape index (κ1) is 11.4. The molecular weight excluding hydrogens is 231 g/mol. The number of pyridine rings is 1. The first-order chi connectivity index (χ1) is 8.68. The van der Waals surface area contributed by atoms with Crippen LogP contribution in [0, 0.1) is 12.7 Å². The number of nitrogens with zero attached hydrogens (tertiary/aromatic N) is 2. The molecule has 1 N–H and O–H groups in total. The number of rotatable bonds is 1. The van der Waals surface area contributed by atoms with Crippen molar-refractivity contribution in [3.63, 3.8) is 0 Å². The number of hydrogen-bond acceptors (Lipinski definition) is 2. The summed E-state index contributed by atoms with van der Waals surface area (Å²) in [5.74, 6) is -0.334. The molecule has 1 aliphatic rings. The molecular formula is C14H15FN2O. The van der Waals surface area contributed by atoms with E-state index < -0.39 is 6.10 Å². The van der Waals surface area contributed by atoms with Crippen LogP contribution in [-0.4, -0.2) is 14.7 Å². The van der Waals surface area contributed by atoms with Gasteiger partial charge in [0.1, 0.15) is 0 Å². The molecule has 4 heteroatoms. The molecule has 1 unspecified atom stereocenters. The SMILES string of the molecule is Cc1cc2c(n1-c1ccncc1F)CCCC2O. The predicted octanol–water partition coefficient (Wildman–Crippen LogP) is 2.69. The third kappa shape index (κ3) is 1.64. The summed E-state index contributed by atoms with van der Waals surface area (Å²) >= 11 is 0. The van der Waals surface area contributed by atoms with Gasteiger partial charge in [-0.25, -0.2) is 4.39 Å². The van der Waals surface area contributed by atoms with Crippen LogP contribution in [0.15, 0.2) is 24.5 Å². The monoisotopic (exact) mass is 246 g/mol. The molecule has 0 fully saturated rings. The summed E-state index contributed by atoms with van der Waals surface area (Å²) in [6, 6.07) is 3.63. The van der Waals surface area contributed by atoms with Crippen molar-refractivity contribution in [1.82, 2.24) is 9.55 Å². The van der Waals surface area contributed by atoms with E-state index in [0.29, 0.717) is 5.69 Å². The standard InChI is InChI=1S/C14H15FN2O/c1-9-7-10-12(3-2-4-14(10)18)17(9)13-5-6-16-8-11(13)15/h5-8,14,18H,2-4H2,1H3. The number of halogens is 1. The fourth-order valence-corrected chi connectivity index (χ4v) is 2.76. The number of aryl methyl sites for hydroxylation is 1. The van der Waals surface area contributed by atoms with Crippen molar-refractivity contribution < 1.29 is 9.50 Å². The molecule has 0 amide bonds. The minimum absolute atomic E-state index is 0.334.